The lowest BCUT2D eigenvalue weighted by atomic mass is 9.99. The van der Waals surface area contributed by atoms with Gasteiger partial charge in [0.25, 0.3) is 0 Å². The molecule has 0 spiro atoms. The Balaban J connectivity index is 1.99. The zero-order chi connectivity index (χ0) is 15.9. The van der Waals surface area contributed by atoms with Gasteiger partial charge in [-0.15, -0.1) is 11.3 Å². The van der Waals surface area contributed by atoms with Crippen molar-refractivity contribution >= 4 is 23.2 Å². The van der Waals surface area contributed by atoms with Gasteiger partial charge < -0.3 is 10.0 Å². The van der Waals surface area contributed by atoms with E-state index in [1.165, 1.54) is 11.3 Å². The van der Waals surface area contributed by atoms with Gasteiger partial charge in [0.15, 0.2) is 0 Å². The van der Waals surface area contributed by atoms with Gasteiger partial charge in [0.05, 0.1) is 18.7 Å². The topological polar surface area (TPSA) is 70.5 Å². The molecule has 0 aliphatic heterocycles. The van der Waals surface area contributed by atoms with Crippen LogP contribution in [0.2, 0.25) is 0 Å². The number of carboxylic acid groups (broad SMARTS) is 1. The highest BCUT2D eigenvalue weighted by Crippen LogP contribution is 2.28. The van der Waals surface area contributed by atoms with Crippen LogP contribution in [0.5, 0.6) is 0 Å². The van der Waals surface area contributed by atoms with Crippen molar-refractivity contribution < 1.29 is 14.7 Å². The SMILES string of the molecule is CN(Cc1ccccn1)C(=O)CC(CC(=O)O)c1cccs1. The van der Waals surface area contributed by atoms with Gasteiger partial charge in [0.2, 0.25) is 5.91 Å². The van der Waals surface area contributed by atoms with Gasteiger partial charge in [-0.05, 0) is 23.6 Å². The van der Waals surface area contributed by atoms with Crippen LogP contribution in [0.3, 0.4) is 0 Å². The van der Waals surface area contributed by atoms with E-state index in [9.17, 15) is 9.59 Å². The van der Waals surface area contributed by atoms with Crippen molar-refractivity contribution in [1.82, 2.24) is 9.88 Å². The Labute approximate surface area is 133 Å². The molecule has 0 radical (unpaired) electrons. The van der Waals surface area contributed by atoms with Crippen LogP contribution in [0.25, 0.3) is 0 Å². The summed E-state index contributed by atoms with van der Waals surface area (Å²) in [5.74, 6) is -1.25. The molecule has 0 saturated heterocycles. The van der Waals surface area contributed by atoms with Crippen LogP contribution in [0.1, 0.15) is 29.3 Å². The molecule has 0 fully saturated rings. The van der Waals surface area contributed by atoms with Gasteiger partial charge in [-0.25, -0.2) is 0 Å². The standard InChI is InChI=1S/C16H18N2O3S/c1-18(11-13-5-2-3-7-17-13)15(19)9-12(10-16(20)21)14-6-4-8-22-14/h2-8,12H,9-11H2,1H3,(H,20,21). The van der Waals surface area contributed by atoms with E-state index < -0.39 is 5.97 Å². The summed E-state index contributed by atoms with van der Waals surface area (Å²) in [4.78, 5) is 30.1. The summed E-state index contributed by atoms with van der Waals surface area (Å²) >= 11 is 1.48. The predicted octanol–water partition coefficient (Wildman–Crippen LogP) is 2.75. The maximum absolute atomic E-state index is 12.3. The zero-order valence-corrected chi connectivity index (χ0v) is 13.1. The number of aromatic nitrogens is 1. The Kier molecular flexibility index (Phi) is 5.66. The Morgan fingerprint density at radius 3 is 2.68 bits per heavy atom. The third-order valence-corrected chi connectivity index (χ3v) is 4.37. The second-order valence-electron chi connectivity index (χ2n) is 5.09. The summed E-state index contributed by atoms with van der Waals surface area (Å²) in [6.07, 6.45) is 1.84. The Hall–Kier alpha value is -2.21. The van der Waals surface area contributed by atoms with E-state index in [0.717, 1.165) is 10.6 Å². The molecule has 2 rings (SSSR count). The van der Waals surface area contributed by atoms with Crippen LogP contribution in [0, 0.1) is 0 Å². The monoisotopic (exact) mass is 318 g/mol. The normalized spacial score (nSPS) is 11.9. The van der Waals surface area contributed by atoms with Crippen molar-refractivity contribution in [3.8, 4) is 0 Å². The van der Waals surface area contributed by atoms with Crippen LogP contribution in [-0.2, 0) is 16.1 Å². The molecule has 1 unspecified atom stereocenters. The number of carbonyl (C=O) groups is 2. The number of hydrogen-bond acceptors (Lipinski definition) is 4. The van der Waals surface area contributed by atoms with Crippen molar-refractivity contribution in [3.05, 3.63) is 52.5 Å². The summed E-state index contributed by atoms with van der Waals surface area (Å²) in [7, 11) is 1.71. The predicted molar refractivity (Wildman–Crippen MR) is 84.6 cm³/mol. The van der Waals surface area contributed by atoms with Crippen molar-refractivity contribution in [2.24, 2.45) is 0 Å². The average Bonchev–Trinajstić information content (AvgIpc) is 3.01. The van der Waals surface area contributed by atoms with Crippen molar-refractivity contribution in [2.75, 3.05) is 7.05 Å². The van der Waals surface area contributed by atoms with Crippen LogP contribution in [0.4, 0.5) is 0 Å². The lowest BCUT2D eigenvalue weighted by Gasteiger charge is -2.20. The highest BCUT2D eigenvalue weighted by molar-refractivity contribution is 7.10. The van der Waals surface area contributed by atoms with E-state index in [2.05, 4.69) is 4.98 Å². The highest BCUT2D eigenvalue weighted by Gasteiger charge is 2.22. The van der Waals surface area contributed by atoms with Crippen molar-refractivity contribution in [1.29, 1.82) is 0 Å². The molecule has 2 aromatic rings. The quantitative estimate of drug-likeness (QED) is 0.852. The summed E-state index contributed by atoms with van der Waals surface area (Å²) in [5.41, 5.74) is 0.809. The Morgan fingerprint density at radius 2 is 2.09 bits per heavy atom. The van der Waals surface area contributed by atoms with E-state index in [-0.39, 0.29) is 24.7 Å². The molecule has 5 nitrogen and oxygen atoms in total. The first-order valence-corrected chi connectivity index (χ1v) is 7.83. The smallest absolute Gasteiger partial charge is 0.304 e. The molecule has 0 saturated carbocycles. The first-order valence-electron chi connectivity index (χ1n) is 6.95. The molecule has 1 amide bonds. The van der Waals surface area contributed by atoms with Gasteiger partial charge in [-0.3, -0.25) is 14.6 Å². The molecule has 2 aromatic heterocycles. The van der Waals surface area contributed by atoms with Crippen molar-refractivity contribution in [3.63, 3.8) is 0 Å². The van der Waals surface area contributed by atoms with Gasteiger partial charge in [-0.1, -0.05) is 12.1 Å². The molecule has 1 N–H and O–H groups in total. The van der Waals surface area contributed by atoms with Crippen LogP contribution in [0.15, 0.2) is 41.9 Å². The molecular formula is C16H18N2O3S. The van der Waals surface area contributed by atoms with Crippen LogP contribution >= 0.6 is 11.3 Å². The molecule has 0 aliphatic carbocycles. The fraction of sp³-hybridized carbons (Fsp3) is 0.312. The number of hydrogen-bond donors (Lipinski definition) is 1. The first-order chi connectivity index (χ1) is 10.6. The number of rotatable bonds is 7. The maximum atomic E-state index is 12.3. The lowest BCUT2D eigenvalue weighted by Crippen LogP contribution is -2.28. The minimum Gasteiger partial charge on any atom is -0.481 e. The molecule has 0 bridgehead atoms. The minimum absolute atomic E-state index is 0.0380. The Bertz CT molecular complexity index is 614. The Morgan fingerprint density at radius 1 is 1.27 bits per heavy atom. The maximum Gasteiger partial charge on any atom is 0.304 e. The molecular weight excluding hydrogens is 300 g/mol. The zero-order valence-electron chi connectivity index (χ0n) is 12.3. The number of carbonyl (C=O) groups excluding carboxylic acids is 1. The van der Waals surface area contributed by atoms with E-state index in [1.54, 1.807) is 18.1 Å². The number of thiophene rings is 1. The van der Waals surface area contributed by atoms with E-state index in [0.29, 0.717) is 6.54 Å². The number of amides is 1. The number of pyridine rings is 1. The third-order valence-electron chi connectivity index (χ3n) is 3.34. The van der Waals surface area contributed by atoms with Crippen LogP contribution in [-0.4, -0.2) is 33.9 Å². The molecule has 2 heterocycles. The van der Waals surface area contributed by atoms with Crippen LogP contribution < -0.4 is 0 Å². The summed E-state index contributed by atoms with van der Waals surface area (Å²) < 4.78 is 0. The van der Waals surface area contributed by atoms with Gasteiger partial charge in [0, 0.05) is 30.5 Å². The van der Waals surface area contributed by atoms with Gasteiger partial charge in [0.1, 0.15) is 0 Å². The largest absolute Gasteiger partial charge is 0.481 e. The summed E-state index contributed by atoms with van der Waals surface area (Å²) in [5, 5.41) is 10.9. The number of carboxylic acids is 1. The van der Waals surface area contributed by atoms with Gasteiger partial charge in [-0.2, -0.15) is 0 Å². The summed E-state index contributed by atoms with van der Waals surface area (Å²) in [6.45, 7) is 0.421. The fourth-order valence-corrected chi connectivity index (χ4v) is 3.03. The second-order valence-corrected chi connectivity index (χ2v) is 6.06. The third kappa shape index (κ3) is 4.66. The molecule has 0 aromatic carbocycles. The van der Waals surface area contributed by atoms with E-state index >= 15 is 0 Å². The molecule has 1 atom stereocenters. The molecule has 116 valence electrons. The minimum atomic E-state index is -0.890. The molecule has 6 heteroatoms. The fourth-order valence-electron chi connectivity index (χ4n) is 2.20. The molecule has 22 heavy (non-hydrogen) atoms. The second kappa shape index (κ2) is 7.70. The number of aliphatic carboxylic acids is 1. The first kappa shape index (κ1) is 16.2. The molecule has 0 aliphatic rings. The highest BCUT2D eigenvalue weighted by atomic mass is 32.1. The van der Waals surface area contributed by atoms with Gasteiger partial charge >= 0.3 is 5.97 Å². The number of nitrogens with zero attached hydrogens (tertiary/aromatic N) is 2. The van der Waals surface area contributed by atoms with E-state index in [1.807, 2.05) is 35.7 Å². The van der Waals surface area contributed by atoms with E-state index in [4.69, 9.17) is 5.11 Å². The van der Waals surface area contributed by atoms with Crippen molar-refractivity contribution in [2.45, 2.75) is 25.3 Å². The summed E-state index contributed by atoms with van der Waals surface area (Å²) in [6, 6.07) is 9.31. The average molecular weight is 318 g/mol. The lowest BCUT2D eigenvalue weighted by molar-refractivity contribution is -0.137.